The molecule has 0 aliphatic carbocycles. The molecule has 1 aromatic carbocycles. The lowest BCUT2D eigenvalue weighted by atomic mass is 10.1. The number of halogens is 1. The van der Waals surface area contributed by atoms with Gasteiger partial charge in [0.2, 0.25) is 0 Å². The number of nitrogens with one attached hydrogen (secondary N) is 1. The standard InChI is InChI=1S/C15H18ClN3O/c1-2-14(11-5-7-12(16)8-6-11)19-15(17)18-10-13-4-3-9-20-13/h1,5-8,13-14H,3-4,9-10H2,(H3,17,18,19). The van der Waals surface area contributed by atoms with E-state index in [9.17, 15) is 0 Å². The Balaban J connectivity index is 1.93. The van der Waals surface area contributed by atoms with Gasteiger partial charge < -0.3 is 15.8 Å². The third kappa shape index (κ3) is 4.16. The van der Waals surface area contributed by atoms with E-state index < -0.39 is 0 Å². The van der Waals surface area contributed by atoms with E-state index >= 15 is 0 Å². The molecule has 0 bridgehead atoms. The highest BCUT2D eigenvalue weighted by atomic mass is 35.5. The first kappa shape index (κ1) is 14.7. The maximum absolute atomic E-state index is 5.86. The van der Waals surface area contributed by atoms with Gasteiger partial charge in [0, 0.05) is 11.6 Å². The summed E-state index contributed by atoms with van der Waals surface area (Å²) in [5, 5.41) is 3.69. The van der Waals surface area contributed by atoms with Gasteiger partial charge >= 0.3 is 0 Å². The maximum atomic E-state index is 5.86. The van der Waals surface area contributed by atoms with Crippen molar-refractivity contribution < 1.29 is 4.74 Å². The van der Waals surface area contributed by atoms with E-state index in [1.165, 1.54) is 0 Å². The molecule has 20 heavy (non-hydrogen) atoms. The summed E-state index contributed by atoms with van der Waals surface area (Å²) in [7, 11) is 0. The molecule has 1 heterocycles. The number of nitrogens with two attached hydrogens (primary N) is 1. The van der Waals surface area contributed by atoms with Crippen LogP contribution in [-0.2, 0) is 4.74 Å². The molecule has 5 heteroatoms. The van der Waals surface area contributed by atoms with Gasteiger partial charge in [-0.3, -0.25) is 4.99 Å². The van der Waals surface area contributed by atoms with Crippen LogP contribution in [0, 0.1) is 12.3 Å². The van der Waals surface area contributed by atoms with E-state index in [1.807, 2.05) is 12.1 Å². The summed E-state index contributed by atoms with van der Waals surface area (Å²) in [5.74, 6) is 2.98. The lowest BCUT2D eigenvalue weighted by Crippen LogP contribution is -2.35. The average Bonchev–Trinajstić information content (AvgIpc) is 2.97. The fraction of sp³-hybridized carbons (Fsp3) is 0.400. The summed E-state index contributed by atoms with van der Waals surface area (Å²) in [6.45, 7) is 1.38. The number of terminal acetylenes is 1. The monoisotopic (exact) mass is 291 g/mol. The van der Waals surface area contributed by atoms with Crippen LogP contribution in [0.3, 0.4) is 0 Å². The lowest BCUT2D eigenvalue weighted by molar-refractivity contribution is 0.117. The third-order valence-corrected chi connectivity index (χ3v) is 3.40. The van der Waals surface area contributed by atoms with E-state index in [-0.39, 0.29) is 12.1 Å². The molecule has 1 fully saturated rings. The second-order valence-corrected chi connectivity index (χ2v) is 5.09. The second kappa shape index (κ2) is 7.18. The van der Waals surface area contributed by atoms with Gasteiger partial charge in [-0.15, -0.1) is 6.42 Å². The Bertz CT molecular complexity index is 501. The van der Waals surface area contributed by atoms with Gasteiger partial charge in [-0.1, -0.05) is 29.7 Å². The quantitative estimate of drug-likeness (QED) is 0.507. The summed E-state index contributed by atoms with van der Waals surface area (Å²) in [6.07, 6.45) is 7.83. The minimum atomic E-state index is -0.319. The molecule has 0 aromatic heterocycles. The Morgan fingerprint density at radius 3 is 2.90 bits per heavy atom. The Hall–Kier alpha value is -1.70. The number of ether oxygens (including phenoxy) is 1. The van der Waals surface area contributed by atoms with Crippen LogP contribution in [0.15, 0.2) is 29.3 Å². The topological polar surface area (TPSA) is 59.6 Å². The van der Waals surface area contributed by atoms with Crippen molar-refractivity contribution in [1.29, 1.82) is 0 Å². The molecule has 1 aromatic rings. The molecule has 0 amide bonds. The Labute approximate surface area is 124 Å². The lowest BCUT2D eigenvalue weighted by Gasteiger charge is -2.15. The SMILES string of the molecule is C#CC(NC(N)=NCC1CCCO1)c1ccc(Cl)cc1. The first-order valence-electron chi connectivity index (χ1n) is 6.58. The number of hydrogen-bond donors (Lipinski definition) is 2. The van der Waals surface area contributed by atoms with Crippen LogP contribution in [0.25, 0.3) is 0 Å². The van der Waals surface area contributed by atoms with Crippen molar-refractivity contribution in [2.75, 3.05) is 13.2 Å². The van der Waals surface area contributed by atoms with Crippen LogP contribution < -0.4 is 11.1 Å². The number of guanidine groups is 1. The van der Waals surface area contributed by atoms with E-state index in [0.29, 0.717) is 17.5 Å². The molecular weight excluding hydrogens is 274 g/mol. The molecule has 0 radical (unpaired) electrons. The molecule has 1 aliphatic heterocycles. The molecule has 2 atom stereocenters. The molecule has 1 aliphatic rings. The van der Waals surface area contributed by atoms with Gasteiger partial charge in [-0.25, -0.2) is 0 Å². The third-order valence-electron chi connectivity index (χ3n) is 3.15. The van der Waals surface area contributed by atoms with Crippen molar-refractivity contribution in [3.63, 3.8) is 0 Å². The number of benzene rings is 1. The van der Waals surface area contributed by atoms with Crippen LogP contribution >= 0.6 is 11.6 Å². The smallest absolute Gasteiger partial charge is 0.189 e. The van der Waals surface area contributed by atoms with Crippen molar-refractivity contribution in [3.05, 3.63) is 34.9 Å². The van der Waals surface area contributed by atoms with Gasteiger partial charge in [0.25, 0.3) is 0 Å². The van der Waals surface area contributed by atoms with Crippen molar-refractivity contribution >= 4 is 17.6 Å². The number of aliphatic imine (C=N–C) groups is 1. The Morgan fingerprint density at radius 1 is 1.55 bits per heavy atom. The van der Waals surface area contributed by atoms with Crippen LogP contribution in [0.4, 0.5) is 0 Å². The first-order valence-corrected chi connectivity index (χ1v) is 6.96. The highest BCUT2D eigenvalue weighted by molar-refractivity contribution is 6.30. The van der Waals surface area contributed by atoms with Gasteiger partial charge in [-0.05, 0) is 30.5 Å². The average molecular weight is 292 g/mol. The van der Waals surface area contributed by atoms with E-state index in [2.05, 4.69) is 16.2 Å². The zero-order chi connectivity index (χ0) is 14.4. The Kier molecular flexibility index (Phi) is 5.28. The highest BCUT2D eigenvalue weighted by Gasteiger charge is 2.15. The predicted molar refractivity (Wildman–Crippen MR) is 81.6 cm³/mol. The van der Waals surface area contributed by atoms with E-state index in [1.54, 1.807) is 12.1 Å². The molecule has 0 saturated carbocycles. The summed E-state index contributed by atoms with van der Waals surface area (Å²) in [6, 6.07) is 7.01. The van der Waals surface area contributed by atoms with Gasteiger partial charge in [-0.2, -0.15) is 0 Å². The molecule has 106 valence electrons. The fourth-order valence-electron chi connectivity index (χ4n) is 2.06. The van der Waals surface area contributed by atoms with E-state index in [0.717, 1.165) is 25.0 Å². The van der Waals surface area contributed by atoms with Gasteiger partial charge in [0.15, 0.2) is 5.96 Å². The normalized spacial score (nSPS) is 20.4. The number of nitrogens with zero attached hydrogens (tertiary/aromatic N) is 1. The zero-order valence-electron chi connectivity index (χ0n) is 11.2. The fourth-order valence-corrected chi connectivity index (χ4v) is 2.18. The van der Waals surface area contributed by atoms with Crippen molar-refractivity contribution in [2.24, 2.45) is 10.7 Å². The minimum absolute atomic E-state index is 0.176. The Morgan fingerprint density at radius 2 is 2.30 bits per heavy atom. The summed E-state index contributed by atoms with van der Waals surface area (Å²) >= 11 is 5.85. The molecule has 1 saturated heterocycles. The predicted octanol–water partition coefficient (Wildman–Crippen LogP) is 2.10. The van der Waals surface area contributed by atoms with Crippen LogP contribution in [0.1, 0.15) is 24.4 Å². The van der Waals surface area contributed by atoms with Crippen LogP contribution in [0.2, 0.25) is 5.02 Å². The van der Waals surface area contributed by atoms with Crippen LogP contribution in [0.5, 0.6) is 0 Å². The van der Waals surface area contributed by atoms with Gasteiger partial charge in [0.1, 0.15) is 6.04 Å². The van der Waals surface area contributed by atoms with E-state index in [4.69, 9.17) is 28.5 Å². The summed E-state index contributed by atoms with van der Waals surface area (Å²) in [4.78, 5) is 4.27. The van der Waals surface area contributed by atoms with Crippen molar-refractivity contribution in [3.8, 4) is 12.3 Å². The van der Waals surface area contributed by atoms with Crippen LogP contribution in [-0.4, -0.2) is 25.2 Å². The molecule has 2 unspecified atom stereocenters. The molecule has 3 N–H and O–H groups in total. The molecular formula is C15H18ClN3O. The number of rotatable bonds is 4. The molecule has 0 spiro atoms. The van der Waals surface area contributed by atoms with Gasteiger partial charge in [0.05, 0.1) is 12.6 Å². The summed E-state index contributed by atoms with van der Waals surface area (Å²) < 4.78 is 5.49. The van der Waals surface area contributed by atoms with Crippen molar-refractivity contribution in [1.82, 2.24) is 5.32 Å². The maximum Gasteiger partial charge on any atom is 0.189 e. The first-order chi connectivity index (χ1) is 9.69. The molecule has 2 rings (SSSR count). The molecule has 4 nitrogen and oxygen atoms in total. The second-order valence-electron chi connectivity index (χ2n) is 4.66. The summed E-state index contributed by atoms with van der Waals surface area (Å²) in [5.41, 5.74) is 6.78. The highest BCUT2D eigenvalue weighted by Crippen LogP contribution is 2.16. The largest absolute Gasteiger partial charge is 0.376 e. The zero-order valence-corrected chi connectivity index (χ0v) is 11.9. The van der Waals surface area contributed by atoms with Crippen molar-refractivity contribution in [2.45, 2.75) is 25.0 Å². The number of hydrogen-bond acceptors (Lipinski definition) is 2. The minimum Gasteiger partial charge on any atom is -0.376 e.